The Kier molecular flexibility index (Phi) is 11.2. The maximum atomic E-state index is 12.5. The number of nitrogens with one attached hydrogen (secondary N) is 2. The van der Waals surface area contributed by atoms with Crippen molar-refractivity contribution in [1.29, 1.82) is 0 Å². The Morgan fingerprint density at radius 3 is 2.48 bits per heavy atom. The minimum absolute atomic E-state index is 0.0133. The predicted molar refractivity (Wildman–Crippen MR) is 172 cm³/mol. The molecule has 1 aliphatic heterocycles. The van der Waals surface area contributed by atoms with Gasteiger partial charge in [-0.2, -0.15) is 8.42 Å². The van der Waals surface area contributed by atoms with E-state index in [9.17, 15) is 43.5 Å². The van der Waals surface area contributed by atoms with E-state index in [1.54, 1.807) is 0 Å². The zero-order valence-electron chi connectivity index (χ0n) is 28.0. The summed E-state index contributed by atoms with van der Waals surface area (Å²) in [6.07, 6.45) is 0.773. The second kappa shape index (κ2) is 14.4. The highest BCUT2D eigenvalue weighted by Gasteiger charge is 2.62. The number of rotatable bonds is 11. The molecule has 5 aliphatic rings. The molecule has 0 aromatic heterocycles. The summed E-state index contributed by atoms with van der Waals surface area (Å²) in [5.74, 6) is 0.169. The molecule has 48 heavy (non-hydrogen) atoms. The number of hydrogen-bond acceptors (Lipinski definition) is 10. The van der Waals surface area contributed by atoms with Crippen molar-refractivity contribution in [3.05, 3.63) is 11.6 Å². The van der Waals surface area contributed by atoms with Crippen molar-refractivity contribution in [2.75, 3.05) is 18.9 Å². The van der Waals surface area contributed by atoms with E-state index in [-0.39, 0.29) is 53.4 Å². The zero-order chi connectivity index (χ0) is 35.2. The smallest absolute Gasteiger partial charge is 0.405 e. The van der Waals surface area contributed by atoms with Crippen molar-refractivity contribution in [3.63, 3.8) is 0 Å². The van der Waals surface area contributed by atoms with Gasteiger partial charge < -0.3 is 45.6 Å². The summed E-state index contributed by atoms with van der Waals surface area (Å²) >= 11 is 0. The third-order valence-electron chi connectivity index (χ3n) is 12.8. The number of aliphatic hydroxyl groups excluding tert-OH is 4. The maximum absolute atomic E-state index is 12.5. The zero-order valence-corrected chi connectivity index (χ0v) is 28.8. The van der Waals surface area contributed by atoms with E-state index in [0.29, 0.717) is 25.2 Å². The molecule has 0 unspecified atom stereocenters. The Morgan fingerprint density at radius 2 is 1.81 bits per heavy atom. The van der Waals surface area contributed by atoms with Crippen LogP contribution in [0.2, 0.25) is 0 Å². The number of fused-ring (bicyclic) bond motifs is 5. The SMILES string of the molecule is C[C@H](CCC(=O)NCCS(=O)(=O)O)[C@H]1CC[C@H]2[C@@H]3[C@@H](O[C@@H]4O[C@H](CO)[C@@H](O)[C@H](O)[C@H]4NC(=O)O)C=C4C[C@@H](O)CC[C@]4(C)[C@H]3CC[C@]12C. The number of hydrogen-bond donors (Lipinski definition) is 8. The molecule has 274 valence electrons. The van der Waals surface area contributed by atoms with Gasteiger partial charge in [-0.05, 0) is 91.8 Å². The fourth-order valence-electron chi connectivity index (χ4n) is 10.3. The molecule has 0 spiro atoms. The van der Waals surface area contributed by atoms with Crippen molar-refractivity contribution in [2.24, 2.45) is 40.4 Å². The third kappa shape index (κ3) is 7.43. The van der Waals surface area contributed by atoms with E-state index in [1.807, 2.05) is 0 Å². The Balaban J connectivity index is 1.39. The van der Waals surface area contributed by atoms with Gasteiger partial charge in [-0.1, -0.05) is 32.4 Å². The molecule has 1 heterocycles. The Hall–Kier alpha value is -1.85. The molecule has 14 nitrogen and oxygen atoms in total. The quantitative estimate of drug-likeness (QED) is 0.113. The number of aliphatic hydroxyl groups is 4. The van der Waals surface area contributed by atoms with Crippen molar-refractivity contribution < 1.29 is 57.6 Å². The predicted octanol–water partition coefficient (Wildman–Crippen LogP) is 1.42. The largest absolute Gasteiger partial charge is 0.465 e. The molecule has 2 amide bonds. The van der Waals surface area contributed by atoms with Crippen LogP contribution in [0.3, 0.4) is 0 Å². The summed E-state index contributed by atoms with van der Waals surface area (Å²) in [5, 5.41) is 56.3. The van der Waals surface area contributed by atoms with E-state index in [0.717, 1.165) is 37.7 Å². The molecule has 8 N–H and O–H groups in total. The topological polar surface area (TPSA) is 232 Å². The molecule has 3 saturated carbocycles. The molecule has 0 aromatic rings. The molecule has 0 bridgehead atoms. The first-order valence-corrected chi connectivity index (χ1v) is 19.0. The third-order valence-corrected chi connectivity index (χ3v) is 13.5. The molecule has 0 radical (unpaired) electrons. The molecule has 14 atom stereocenters. The van der Waals surface area contributed by atoms with Gasteiger partial charge >= 0.3 is 6.09 Å². The summed E-state index contributed by atoms with van der Waals surface area (Å²) in [6.45, 7) is 6.02. The van der Waals surface area contributed by atoms with Crippen molar-refractivity contribution in [3.8, 4) is 0 Å². The average molecular weight is 703 g/mol. The normalized spacial score (nSPS) is 43.2. The van der Waals surface area contributed by atoms with Gasteiger partial charge in [0.1, 0.15) is 24.4 Å². The van der Waals surface area contributed by atoms with Gasteiger partial charge in [-0.3, -0.25) is 9.35 Å². The fraction of sp³-hybridized carbons (Fsp3) is 0.879. The van der Waals surface area contributed by atoms with Crippen LogP contribution in [0.4, 0.5) is 4.79 Å². The molecular formula is C33H54N2O12S. The Morgan fingerprint density at radius 1 is 1.08 bits per heavy atom. The minimum atomic E-state index is -4.16. The van der Waals surface area contributed by atoms with Gasteiger partial charge in [0, 0.05) is 13.0 Å². The number of carbonyl (C=O) groups excluding carboxylic acids is 1. The van der Waals surface area contributed by atoms with E-state index in [2.05, 4.69) is 37.5 Å². The molecule has 0 aromatic carbocycles. The molecule has 15 heteroatoms. The average Bonchev–Trinajstić information content (AvgIpc) is 3.36. The van der Waals surface area contributed by atoms with Gasteiger partial charge in [0.2, 0.25) is 5.91 Å². The lowest BCUT2D eigenvalue weighted by Crippen LogP contribution is -2.66. The van der Waals surface area contributed by atoms with Crippen LogP contribution < -0.4 is 10.6 Å². The number of carbonyl (C=O) groups is 2. The monoisotopic (exact) mass is 702 g/mol. The van der Waals surface area contributed by atoms with Gasteiger partial charge in [0.25, 0.3) is 10.1 Å². The van der Waals surface area contributed by atoms with Crippen LogP contribution in [-0.2, 0) is 24.4 Å². The summed E-state index contributed by atoms with van der Waals surface area (Å²) < 4.78 is 43.5. The number of ether oxygens (including phenoxy) is 2. The van der Waals surface area contributed by atoms with Crippen LogP contribution >= 0.6 is 0 Å². The lowest BCUT2D eigenvalue weighted by molar-refractivity contribution is -0.288. The molecule has 1 saturated heterocycles. The van der Waals surface area contributed by atoms with Gasteiger partial charge in [-0.25, -0.2) is 4.79 Å². The van der Waals surface area contributed by atoms with Crippen LogP contribution in [0.25, 0.3) is 0 Å². The van der Waals surface area contributed by atoms with Crippen molar-refractivity contribution in [2.45, 2.75) is 121 Å². The molecular weight excluding hydrogens is 648 g/mol. The maximum Gasteiger partial charge on any atom is 0.405 e. The molecule has 4 aliphatic carbocycles. The van der Waals surface area contributed by atoms with Crippen LogP contribution in [0.1, 0.15) is 78.6 Å². The first kappa shape index (κ1) is 37.4. The Labute approximate surface area is 282 Å². The van der Waals surface area contributed by atoms with Crippen LogP contribution in [-0.4, -0.2) is 112 Å². The highest BCUT2D eigenvalue weighted by atomic mass is 32.2. The molecule has 4 fully saturated rings. The number of amides is 2. The van der Waals surface area contributed by atoms with Crippen LogP contribution in [0.15, 0.2) is 11.6 Å². The highest BCUT2D eigenvalue weighted by Crippen LogP contribution is 2.67. The lowest BCUT2D eigenvalue weighted by atomic mass is 9.46. The summed E-state index contributed by atoms with van der Waals surface area (Å²) in [4.78, 5) is 24.2. The number of carboxylic acid groups (broad SMARTS) is 1. The second-order valence-corrected chi connectivity index (χ2v) is 17.0. The van der Waals surface area contributed by atoms with Gasteiger partial charge in [0.05, 0.1) is 24.6 Å². The van der Waals surface area contributed by atoms with Crippen LogP contribution in [0, 0.1) is 40.4 Å². The first-order valence-electron chi connectivity index (χ1n) is 17.4. The van der Waals surface area contributed by atoms with Gasteiger partial charge in [0.15, 0.2) is 6.29 Å². The van der Waals surface area contributed by atoms with E-state index < -0.39 is 71.4 Å². The van der Waals surface area contributed by atoms with Gasteiger partial charge in [-0.15, -0.1) is 0 Å². The fourth-order valence-corrected chi connectivity index (χ4v) is 10.7. The summed E-state index contributed by atoms with van der Waals surface area (Å²) in [5.41, 5.74) is 0.872. The van der Waals surface area contributed by atoms with Crippen LogP contribution in [0.5, 0.6) is 0 Å². The summed E-state index contributed by atoms with van der Waals surface area (Å²) in [6, 6.07) is -1.31. The van der Waals surface area contributed by atoms with Crippen molar-refractivity contribution >= 4 is 22.1 Å². The lowest BCUT2D eigenvalue weighted by Gasteiger charge is -2.60. The summed E-state index contributed by atoms with van der Waals surface area (Å²) in [7, 11) is -4.16. The second-order valence-electron chi connectivity index (χ2n) is 15.5. The van der Waals surface area contributed by atoms with E-state index in [1.165, 1.54) is 0 Å². The van der Waals surface area contributed by atoms with Crippen molar-refractivity contribution in [1.82, 2.24) is 10.6 Å². The Bertz CT molecular complexity index is 1330. The molecule has 5 rings (SSSR count). The standard InChI is InChI=1S/C33H54N2O12S/c1-17(4-7-25(38)34-12-13-48(43,44)45)20-5-6-21-26-22(9-11-33(20,21)3)32(2)10-8-19(37)14-18(32)15-23(26)46-30-27(35-31(41)42)29(40)28(39)24(16-36)47-30/h15,17,19-24,26-30,35-37,39-40H,4-14,16H2,1-3H3,(H,34,38)(H,41,42)(H,43,44,45)/t17-,19+,20-,21+,22+,23+,24-,26+,27-,28-,29-,30-,32+,33-/m1/s1. The highest BCUT2D eigenvalue weighted by molar-refractivity contribution is 7.85. The van der Waals surface area contributed by atoms with E-state index in [4.69, 9.17) is 14.0 Å². The van der Waals surface area contributed by atoms with E-state index >= 15 is 0 Å². The minimum Gasteiger partial charge on any atom is -0.465 e. The first-order chi connectivity index (χ1) is 22.5.